The van der Waals surface area contributed by atoms with E-state index >= 15 is 4.39 Å². The average molecular weight is 1180 g/mol. The van der Waals surface area contributed by atoms with E-state index in [2.05, 4.69) is 187 Å². The molecule has 2 aliphatic carbocycles. The molecule has 462 valence electrons. The summed E-state index contributed by atoms with van der Waals surface area (Å²) < 4.78 is 40.7. The summed E-state index contributed by atoms with van der Waals surface area (Å²) in [5.41, 5.74) is 16.7. The Morgan fingerprint density at radius 1 is 0.494 bits per heavy atom. The van der Waals surface area contributed by atoms with Gasteiger partial charge >= 0.3 is 0 Å². The molecule has 2 heterocycles. The number of pyridine rings is 1. The normalized spacial score (nSPS) is 14.4. The summed E-state index contributed by atoms with van der Waals surface area (Å²) in [4.78, 5) is 0. The fourth-order valence-corrected chi connectivity index (χ4v) is 14.9. The molecule has 0 unspecified atom stereocenters. The highest BCUT2D eigenvalue weighted by Gasteiger charge is 2.38. The fraction of sp³-hybridized carbons (Fsp3) is 0.481. The Morgan fingerprint density at radius 3 is 1.44 bits per heavy atom. The third-order valence-electron chi connectivity index (χ3n) is 18.6. The average Bonchev–Trinajstić information content (AvgIpc) is 1.87. The zero-order chi connectivity index (χ0) is 63.1. The highest BCUT2D eigenvalue weighted by Crippen LogP contribution is 2.51. The van der Waals surface area contributed by atoms with Gasteiger partial charge in [-0.2, -0.15) is 4.57 Å². The molecule has 0 bridgehead atoms. The number of aromatic hydroxyl groups is 2. The largest absolute Gasteiger partial charge is 0.505 e. The van der Waals surface area contributed by atoms with E-state index in [0.29, 0.717) is 51.6 Å². The number of aromatic nitrogens is 2. The molecule has 8 heteroatoms. The van der Waals surface area contributed by atoms with Crippen molar-refractivity contribution in [3.05, 3.63) is 153 Å². The van der Waals surface area contributed by atoms with Gasteiger partial charge in [-0.1, -0.05) is 135 Å². The minimum atomic E-state index is -0.386. The fourth-order valence-electron chi connectivity index (χ4n) is 14.9. The van der Waals surface area contributed by atoms with Gasteiger partial charge in [-0.15, -0.1) is 0 Å². The van der Waals surface area contributed by atoms with Gasteiger partial charge in [-0.05, 0) is 192 Å². The molecule has 8 aromatic rings. The number of methoxy groups -OCH3 is 1. The van der Waals surface area contributed by atoms with Gasteiger partial charge in [-0.3, -0.25) is 0 Å². The predicted molar refractivity (Wildman–Crippen MR) is 359 cm³/mol. The van der Waals surface area contributed by atoms with Crippen molar-refractivity contribution in [2.45, 2.75) is 217 Å². The van der Waals surface area contributed by atoms with Crippen molar-refractivity contribution in [2.24, 2.45) is 10.8 Å². The standard InChI is InChI=1S/C79H99FN2O5/c1-48-35-56(80)44-62(60-38-54(78(15,16)46-74(3,4)5)42-68(70(60)83)81-64-27-22-20-25-50(64)37-51-26-21-23-28-65(51)81)72(48)86-33-24-34-87-73-49(2)36-57(85-19)45-63(73)61-39-55(79(17,18)47-75(6,7)8)43-69(71(61)84)82-66-40-52(76(9,10)11)29-31-58(66)59-32-30-53(41-67(59)82)77(12,13)14/h29-32,35-45H,20-28,33-34,46-47H2,1-19H3,(H-,83,84)/p+1. The van der Waals surface area contributed by atoms with E-state index in [1.165, 1.54) is 45.8 Å². The van der Waals surface area contributed by atoms with Crippen molar-refractivity contribution in [1.29, 1.82) is 0 Å². The number of hydrogen-bond donors (Lipinski definition) is 2. The van der Waals surface area contributed by atoms with E-state index in [-0.39, 0.29) is 63.0 Å². The summed E-state index contributed by atoms with van der Waals surface area (Å²) in [6.07, 6.45) is 10.8. The predicted octanol–water partition coefficient (Wildman–Crippen LogP) is 20.2. The number of aryl methyl sites for hydroxylation is 4. The van der Waals surface area contributed by atoms with Crippen LogP contribution >= 0.6 is 0 Å². The van der Waals surface area contributed by atoms with E-state index in [9.17, 15) is 10.2 Å². The molecule has 2 aromatic heterocycles. The Balaban J connectivity index is 1.06. The van der Waals surface area contributed by atoms with Crippen LogP contribution in [0.3, 0.4) is 0 Å². The van der Waals surface area contributed by atoms with Gasteiger partial charge in [-0.25, -0.2) is 4.39 Å². The molecule has 2 N–H and O–H groups in total. The Hall–Kier alpha value is -6.80. The van der Waals surface area contributed by atoms with Gasteiger partial charge in [0.25, 0.3) is 5.69 Å². The lowest BCUT2D eigenvalue weighted by Gasteiger charge is -2.34. The zero-order valence-electron chi connectivity index (χ0n) is 56.2. The second kappa shape index (κ2) is 23.3. The topological polar surface area (TPSA) is 77.0 Å². The maximum absolute atomic E-state index is 16.1. The Morgan fingerprint density at radius 2 is 0.954 bits per heavy atom. The van der Waals surface area contributed by atoms with Crippen molar-refractivity contribution >= 4 is 21.8 Å². The number of benzene rings is 6. The van der Waals surface area contributed by atoms with Gasteiger partial charge in [0.05, 0.1) is 37.0 Å². The van der Waals surface area contributed by atoms with Gasteiger partial charge < -0.3 is 29.0 Å². The van der Waals surface area contributed by atoms with Crippen LogP contribution in [0.4, 0.5) is 4.39 Å². The number of rotatable bonds is 15. The third-order valence-corrected chi connectivity index (χ3v) is 18.6. The SMILES string of the molecule is COc1cc(C)c(OCCCOc2c(C)cc(F)cc2-c2cc(C(C)(C)CC(C)(C)C)cc(-[n+]3c4c(cc5c3CCCC5)CCCC4)c2O)c(-c2cc(C(C)(C)CC(C)(C)C)cc(-n3c4cc(C(C)(C)C)ccc4c4ccc(C(C)(C)C)cc43)c2O)c1. The molecule has 0 fully saturated rings. The molecule has 2 aliphatic rings. The van der Waals surface area contributed by atoms with Crippen LogP contribution in [-0.4, -0.2) is 35.1 Å². The second-order valence-electron chi connectivity index (χ2n) is 31.6. The maximum Gasteiger partial charge on any atom is 0.254 e. The van der Waals surface area contributed by atoms with E-state index in [1.807, 2.05) is 26.0 Å². The number of fused-ring (bicyclic) bond motifs is 5. The van der Waals surface area contributed by atoms with Crippen LogP contribution in [0.2, 0.25) is 0 Å². The highest BCUT2D eigenvalue weighted by atomic mass is 19.1. The van der Waals surface area contributed by atoms with Crippen molar-refractivity contribution in [1.82, 2.24) is 4.57 Å². The summed E-state index contributed by atoms with van der Waals surface area (Å²) in [6.45, 7) is 40.9. The van der Waals surface area contributed by atoms with E-state index < -0.39 is 0 Å². The van der Waals surface area contributed by atoms with Crippen LogP contribution in [0.15, 0.2) is 91.0 Å². The molecule has 87 heavy (non-hydrogen) atoms. The first kappa shape index (κ1) is 63.2. The number of phenols is 2. The number of hydrogen-bond acceptors (Lipinski definition) is 5. The molecule has 0 atom stereocenters. The Kier molecular flexibility index (Phi) is 16.9. The first-order valence-electron chi connectivity index (χ1n) is 32.3. The lowest BCUT2D eigenvalue weighted by molar-refractivity contribution is -0.615. The minimum Gasteiger partial charge on any atom is -0.505 e. The molecule has 0 amide bonds. The molecule has 0 aliphatic heterocycles. The van der Waals surface area contributed by atoms with Crippen LogP contribution in [0, 0.1) is 30.5 Å². The summed E-state index contributed by atoms with van der Waals surface area (Å²) in [5.74, 6) is 1.73. The third kappa shape index (κ3) is 12.9. The summed E-state index contributed by atoms with van der Waals surface area (Å²) in [5, 5.41) is 28.6. The van der Waals surface area contributed by atoms with Crippen LogP contribution < -0.4 is 18.8 Å². The molecular weight excluding hydrogens is 1080 g/mol. The van der Waals surface area contributed by atoms with E-state index in [0.717, 1.165) is 114 Å². The van der Waals surface area contributed by atoms with Gasteiger partial charge in [0.1, 0.15) is 28.8 Å². The summed E-state index contributed by atoms with van der Waals surface area (Å²) in [6, 6.07) is 31.8. The number of nitrogens with zero attached hydrogens (tertiary/aromatic N) is 2. The van der Waals surface area contributed by atoms with Crippen LogP contribution in [0.1, 0.15) is 212 Å². The van der Waals surface area contributed by atoms with E-state index in [1.54, 1.807) is 7.11 Å². The zero-order valence-corrected chi connectivity index (χ0v) is 56.2. The van der Waals surface area contributed by atoms with Crippen molar-refractivity contribution in [3.63, 3.8) is 0 Å². The molecule has 0 spiro atoms. The van der Waals surface area contributed by atoms with Crippen LogP contribution in [0.25, 0.3) is 55.4 Å². The highest BCUT2D eigenvalue weighted by molar-refractivity contribution is 6.10. The lowest BCUT2D eigenvalue weighted by atomic mass is 9.71. The molecule has 7 nitrogen and oxygen atoms in total. The van der Waals surface area contributed by atoms with Gasteiger partial charge in [0.2, 0.25) is 0 Å². The maximum atomic E-state index is 16.1. The lowest BCUT2D eigenvalue weighted by Crippen LogP contribution is -2.44. The first-order valence-corrected chi connectivity index (χ1v) is 32.3. The minimum absolute atomic E-state index is 0.00447. The van der Waals surface area contributed by atoms with Crippen LogP contribution in [-0.2, 0) is 47.3 Å². The Labute approximate surface area is 520 Å². The second-order valence-corrected chi connectivity index (χ2v) is 31.6. The summed E-state index contributed by atoms with van der Waals surface area (Å²) >= 11 is 0. The number of ether oxygens (including phenoxy) is 3. The Bertz CT molecular complexity index is 3830. The van der Waals surface area contributed by atoms with Crippen molar-refractivity contribution < 1.29 is 33.4 Å². The molecular formula is C79H100FN2O5+. The molecule has 0 radical (unpaired) electrons. The van der Waals surface area contributed by atoms with Gasteiger partial charge in [0.15, 0.2) is 17.1 Å². The molecule has 6 aromatic carbocycles. The number of phenolic OH excluding ortho intramolecular Hbond substituents is 2. The van der Waals surface area contributed by atoms with Gasteiger partial charge in [0, 0.05) is 69.5 Å². The summed E-state index contributed by atoms with van der Waals surface area (Å²) in [7, 11) is 1.68. The van der Waals surface area contributed by atoms with Crippen molar-refractivity contribution in [2.75, 3.05) is 20.3 Å². The monoisotopic (exact) mass is 1180 g/mol. The first-order chi connectivity index (χ1) is 40.6. The molecule has 10 rings (SSSR count). The van der Waals surface area contributed by atoms with Crippen molar-refractivity contribution in [3.8, 4) is 62.4 Å². The van der Waals surface area contributed by atoms with Crippen LogP contribution in [0.5, 0.6) is 28.7 Å². The number of halogens is 1. The molecule has 0 saturated carbocycles. The van der Waals surface area contributed by atoms with E-state index in [4.69, 9.17) is 14.2 Å². The quantitative estimate of drug-likeness (QED) is 0.0790. The smallest absolute Gasteiger partial charge is 0.254 e. The molecule has 0 saturated heterocycles.